The first-order chi connectivity index (χ1) is 52.4. The summed E-state index contributed by atoms with van der Waals surface area (Å²) < 4.78 is 102. The average Bonchev–Trinajstić information content (AvgIpc) is 0.770. The van der Waals surface area contributed by atoms with Crippen LogP contribution in [0.3, 0.4) is 0 Å². The number of aliphatic hydroxyl groups excluding tert-OH is 24. The zero-order chi connectivity index (χ0) is 81.8. The van der Waals surface area contributed by atoms with Crippen molar-refractivity contribution in [3.05, 3.63) is 0 Å². The SMILES string of the molecule is CC(=O)N[C@H]1[C@H](O[C@H]2[C@H](O[C@H]3O[C@H](CO)[C@@H](O)[C@H](O)[C@@H]3O)[C@H](O)[C@H](O[C@H]3[C@H](O)[C@@H](NC(C)=O)[C@H](O[C@H]4[C@H](O)[C@@H](NC(C)=O)C(O)O[C@@H]4CO[C@@H]4O[C@@H](C)[C@@H](O)[C@@H](O)[C@@H]4O)O[C@@H]3CO)O[C@@H]2CO[C@H]2O[C@H](CO)[C@@H](O)[C@H](O)[C@@H]2O[C@@H]2O[C@H](CO)[C@@H](O[C@@H]3O[C@H](CO)[C@H](O)[C@H](O)[C@H]3O)[C@H](O)[C@H]2NC(C)=O)O[C@H](CO)[C@@H](O)[C@H]1O. The van der Waals surface area contributed by atoms with Crippen LogP contribution in [-0.2, 0) is 99.7 Å². The van der Waals surface area contributed by atoms with E-state index in [1.807, 2.05) is 0 Å². The van der Waals surface area contributed by atoms with E-state index in [4.69, 9.17) is 80.5 Å². The van der Waals surface area contributed by atoms with Crippen LogP contribution in [0.1, 0.15) is 34.6 Å². The molecule has 0 spiro atoms. The molecule has 9 saturated heterocycles. The van der Waals surface area contributed by atoms with Crippen LogP contribution < -0.4 is 21.3 Å². The first kappa shape index (κ1) is 91.1. The Morgan fingerprint density at radius 2 is 0.541 bits per heavy atom. The largest absolute Gasteiger partial charge is 0.394 e. The molecule has 111 heavy (non-hydrogen) atoms. The second kappa shape index (κ2) is 39.7. The van der Waals surface area contributed by atoms with Gasteiger partial charge < -0.3 is 224 Å². The number of carbonyl (C=O) groups is 4. The second-order valence-electron chi connectivity index (χ2n) is 28.2. The Balaban J connectivity index is 1.09. The molecule has 0 aliphatic carbocycles. The lowest BCUT2D eigenvalue weighted by Gasteiger charge is -2.52. The van der Waals surface area contributed by atoms with Crippen molar-refractivity contribution < 1.29 is 222 Å². The summed E-state index contributed by atoms with van der Waals surface area (Å²) >= 11 is 0. The molecule has 0 aromatic rings. The number of amides is 4. The van der Waals surface area contributed by atoms with Gasteiger partial charge in [0.25, 0.3) is 0 Å². The predicted molar refractivity (Wildman–Crippen MR) is 342 cm³/mol. The van der Waals surface area contributed by atoms with Gasteiger partial charge in [-0.1, -0.05) is 0 Å². The highest BCUT2D eigenvalue weighted by molar-refractivity contribution is 5.74. The lowest BCUT2D eigenvalue weighted by atomic mass is 9.93. The molecule has 9 aliphatic rings. The molecule has 0 aromatic heterocycles. The summed E-state index contributed by atoms with van der Waals surface area (Å²) in [4.78, 5) is 51.5. The van der Waals surface area contributed by atoms with Crippen LogP contribution in [0.25, 0.3) is 0 Å². The van der Waals surface area contributed by atoms with Crippen LogP contribution in [0.4, 0.5) is 0 Å². The Morgan fingerprint density at radius 1 is 0.252 bits per heavy atom. The van der Waals surface area contributed by atoms with Gasteiger partial charge in [-0.25, -0.2) is 0 Å². The maximum absolute atomic E-state index is 13.2. The van der Waals surface area contributed by atoms with Crippen molar-refractivity contribution in [2.45, 2.75) is 311 Å². The molecule has 49 nitrogen and oxygen atoms in total. The molecule has 45 atom stereocenters. The molecule has 49 heteroatoms. The van der Waals surface area contributed by atoms with Crippen molar-refractivity contribution in [3.8, 4) is 0 Å². The number of carbonyl (C=O) groups excluding carboxylic acids is 4. The first-order valence-electron chi connectivity index (χ1n) is 35.5. The summed E-state index contributed by atoms with van der Waals surface area (Å²) in [7, 11) is 0. The number of nitrogens with one attached hydrogen (secondary N) is 4. The van der Waals surface area contributed by atoms with Gasteiger partial charge in [-0.2, -0.15) is 0 Å². The highest BCUT2D eigenvalue weighted by atomic mass is 16.8. The zero-order valence-corrected chi connectivity index (χ0v) is 59.9. The lowest BCUT2D eigenvalue weighted by molar-refractivity contribution is -0.401. The number of ether oxygens (including phenoxy) is 17. The molecule has 9 fully saturated rings. The van der Waals surface area contributed by atoms with Crippen LogP contribution in [0.5, 0.6) is 0 Å². The van der Waals surface area contributed by atoms with E-state index in [0.29, 0.717) is 0 Å². The molecule has 28 N–H and O–H groups in total. The Morgan fingerprint density at radius 3 is 0.982 bits per heavy atom. The fourth-order valence-corrected chi connectivity index (χ4v) is 14.3. The lowest BCUT2D eigenvalue weighted by Crippen LogP contribution is -2.71. The monoisotopic (exact) mass is 1620 g/mol. The van der Waals surface area contributed by atoms with E-state index in [0.717, 1.165) is 27.7 Å². The summed E-state index contributed by atoms with van der Waals surface area (Å²) in [6.07, 6.45) is -84.2. The van der Waals surface area contributed by atoms with Crippen molar-refractivity contribution in [2.24, 2.45) is 0 Å². The number of hydrogen-bond acceptors (Lipinski definition) is 45. The third-order valence-electron chi connectivity index (χ3n) is 20.3. The van der Waals surface area contributed by atoms with Gasteiger partial charge in [0.1, 0.15) is 213 Å². The minimum atomic E-state index is -2.59. The van der Waals surface area contributed by atoms with Crippen molar-refractivity contribution >= 4 is 23.6 Å². The van der Waals surface area contributed by atoms with Crippen LogP contribution in [0.2, 0.25) is 0 Å². The van der Waals surface area contributed by atoms with Crippen LogP contribution in [-0.4, -0.2) is 475 Å². The second-order valence-corrected chi connectivity index (χ2v) is 28.2. The van der Waals surface area contributed by atoms with Crippen molar-refractivity contribution in [2.75, 3.05) is 52.9 Å². The highest BCUT2D eigenvalue weighted by Crippen LogP contribution is 2.40. The molecule has 1 unspecified atom stereocenters. The van der Waals surface area contributed by atoms with Crippen molar-refractivity contribution in [1.29, 1.82) is 0 Å². The van der Waals surface area contributed by atoms with Gasteiger partial charge in [0.15, 0.2) is 56.6 Å². The van der Waals surface area contributed by atoms with E-state index in [1.54, 1.807) is 0 Å². The smallest absolute Gasteiger partial charge is 0.217 e. The Bertz CT molecular complexity index is 2950. The van der Waals surface area contributed by atoms with E-state index in [-0.39, 0.29) is 0 Å². The Kier molecular flexibility index (Phi) is 32.6. The summed E-state index contributed by atoms with van der Waals surface area (Å²) in [5.74, 6) is -3.69. The first-order valence-corrected chi connectivity index (χ1v) is 35.5. The molecule has 4 amide bonds. The summed E-state index contributed by atoms with van der Waals surface area (Å²) in [5.41, 5.74) is 0. The van der Waals surface area contributed by atoms with E-state index in [1.165, 1.54) is 6.92 Å². The normalized spacial score (nSPS) is 49.3. The molecule has 9 rings (SSSR count). The van der Waals surface area contributed by atoms with Crippen molar-refractivity contribution in [3.63, 3.8) is 0 Å². The van der Waals surface area contributed by atoms with E-state index >= 15 is 0 Å². The molecule has 0 bridgehead atoms. The van der Waals surface area contributed by atoms with Gasteiger partial charge in [-0.05, 0) is 6.92 Å². The van der Waals surface area contributed by atoms with Gasteiger partial charge in [-0.15, -0.1) is 0 Å². The van der Waals surface area contributed by atoms with Gasteiger partial charge in [-0.3, -0.25) is 19.2 Å². The fourth-order valence-electron chi connectivity index (χ4n) is 14.3. The number of aliphatic hydroxyl groups is 24. The summed E-state index contributed by atoms with van der Waals surface area (Å²) in [5, 5.41) is 276. The summed E-state index contributed by atoms with van der Waals surface area (Å²) in [6.45, 7) is -3.61. The van der Waals surface area contributed by atoms with Crippen LogP contribution >= 0.6 is 0 Å². The highest BCUT2D eigenvalue weighted by Gasteiger charge is 2.61. The van der Waals surface area contributed by atoms with Gasteiger partial charge >= 0.3 is 0 Å². The third kappa shape index (κ3) is 20.3. The minimum absolute atomic E-state index is 0.833. The predicted octanol–water partition coefficient (Wildman–Crippen LogP) is -19.0. The third-order valence-corrected chi connectivity index (χ3v) is 20.3. The molecular weight excluding hydrogens is 1520 g/mol. The van der Waals surface area contributed by atoms with E-state index < -0.39 is 353 Å². The van der Waals surface area contributed by atoms with Gasteiger partial charge in [0.05, 0.1) is 59.0 Å². The van der Waals surface area contributed by atoms with Gasteiger partial charge in [0, 0.05) is 27.7 Å². The standard InChI is InChI=1S/C62H104N4O45/c1-14-31(77)40(86)44(90)58(97-14)95-12-25-50(37(83)27(54(94)98-25)63-15(2)73)106-56-29(65-17(4)75)38(84)49(24(11-72)103-56)108-61-47(93)52(110-60-46(92)42(88)34(80)21(8-69)101-60)51(109-55-28(64-16(3)74)36(82)32(78)19(6-67)99-55)26(105-61)13-96-62-53(43(89)35(81)22(9-70)102-62)111-57-30(66-18(5)76)39(85)48(23(10-71)104-57)107-59-45(91)41(87)33(79)20(7-68)100-59/h14,19-62,67-72,77-94H,6-13H2,1-5H3,(H,63,73)(H,64,74)(H,65,75)(H,66,76)/t14-,19+,20+,21+,22+,23+,24+,25+,26+,27+,28+,29+,30+,31+,32+,33-,34+,35+,36-,37+,38+,39+,40+,41-,42-,43-,44-,45+,46-,47-,48+,49+,50+,51+,52+,53-,54?,55-,56-,57-,58+,59-,60+,61-,62-/m0/s1. The van der Waals surface area contributed by atoms with E-state index in [9.17, 15) is 142 Å². The average molecular weight is 1630 g/mol. The Labute approximate surface area is 629 Å². The number of rotatable bonds is 28. The molecule has 9 heterocycles. The van der Waals surface area contributed by atoms with Gasteiger partial charge in [0.2, 0.25) is 23.6 Å². The zero-order valence-electron chi connectivity index (χ0n) is 59.9. The van der Waals surface area contributed by atoms with Crippen molar-refractivity contribution in [1.82, 2.24) is 21.3 Å². The topological polar surface area (TPSA) is 759 Å². The summed E-state index contributed by atoms with van der Waals surface area (Å²) in [6, 6.07) is -7.58. The molecule has 642 valence electrons. The maximum atomic E-state index is 13.2. The molecule has 0 saturated carbocycles. The number of hydrogen-bond donors (Lipinski definition) is 28. The molecule has 0 aromatic carbocycles. The van der Waals surface area contributed by atoms with Crippen LogP contribution in [0, 0.1) is 0 Å². The Hall–Kier alpha value is -3.76. The fraction of sp³-hybridized carbons (Fsp3) is 0.935. The van der Waals surface area contributed by atoms with Crippen LogP contribution in [0.15, 0.2) is 0 Å². The molecule has 9 aliphatic heterocycles. The van der Waals surface area contributed by atoms with E-state index in [2.05, 4.69) is 21.3 Å². The maximum Gasteiger partial charge on any atom is 0.217 e. The molecule has 0 radical (unpaired) electrons. The molecular formula is C62H104N4O45. The quantitative estimate of drug-likeness (QED) is 0.0346. The minimum Gasteiger partial charge on any atom is -0.394 e.